The van der Waals surface area contributed by atoms with Gasteiger partial charge in [-0.2, -0.15) is 0 Å². The number of carbonyl (C=O) groups excluding carboxylic acids is 5. The van der Waals surface area contributed by atoms with Crippen molar-refractivity contribution in [2.75, 3.05) is 31.7 Å². The number of nitrogens with zero attached hydrogens (tertiary/aromatic N) is 2. The quantitative estimate of drug-likeness (QED) is 0.275. The Kier molecular flexibility index (Phi) is 11.1. The van der Waals surface area contributed by atoms with Crippen LogP contribution in [0.5, 0.6) is 0 Å². The van der Waals surface area contributed by atoms with Gasteiger partial charge in [-0.1, -0.05) is 0 Å². The van der Waals surface area contributed by atoms with E-state index in [1.807, 2.05) is 16.4 Å². The molecule has 2 saturated heterocycles. The number of methoxy groups -OCH3 is 1. The molecule has 2 aromatic rings. The maximum absolute atomic E-state index is 16.0. The predicted octanol–water partition coefficient (Wildman–Crippen LogP) is 2.50. The minimum atomic E-state index is -1.36. The molecule has 0 radical (unpaired) electrons. The van der Waals surface area contributed by atoms with Gasteiger partial charge in [-0.05, 0) is 38.7 Å². The molecular formula is C34H41FN2O13. The Bertz CT molecular complexity index is 1730. The standard InChI is InChI=1S/C34H41FN2O13/c1-16-7-8-22-27-23(29(42)24(14-37(16)27)33(43)44-6)13-25(35)28(22)36-11-9-21(10-12-36)49-34-32(48-20(5)41)31(47-19(4)40)30(46-18(3)39)26(50-34)15-45-17(2)38/h13-14,16,21,26,30-32,34H,7-12,15H2,1-6H3/t16-,26+,30+,31-,32+,34+/m0/s1. The van der Waals surface area contributed by atoms with Gasteiger partial charge < -0.3 is 42.6 Å². The number of aryl methyl sites for hydroxylation is 1. The average molecular weight is 705 g/mol. The highest BCUT2D eigenvalue weighted by molar-refractivity contribution is 5.96. The van der Waals surface area contributed by atoms with Crippen LogP contribution in [0.3, 0.4) is 0 Å². The summed E-state index contributed by atoms with van der Waals surface area (Å²) in [6, 6.07) is 1.13. The molecule has 1 aromatic heterocycles. The molecule has 2 fully saturated rings. The zero-order valence-corrected chi connectivity index (χ0v) is 28.7. The summed E-state index contributed by atoms with van der Waals surface area (Å²) in [7, 11) is 1.18. The monoisotopic (exact) mass is 704 g/mol. The summed E-state index contributed by atoms with van der Waals surface area (Å²) in [6.45, 7) is 6.86. The van der Waals surface area contributed by atoms with Gasteiger partial charge in [0.2, 0.25) is 5.43 Å². The van der Waals surface area contributed by atoms with Crippen LogP contribution in [0.2, 0.25) is 0 Å². The van der Waals surface area contributed by atoms with Crippen molar-refractivity contribution in [1.29, 1.82) is 0 Å². The fourth-order valence-corrected chi connectivity index (χ4v) is 6.94. The molecule has 272 valence electrons. The number of carbonyl (C=O) groups is 5. The number of hydrogen-bond acceptors (Lipinski definition) is 14. The van der Waals surface area contributed by atoms with Crippen molar-refractivity contribution in [3.63, 3.8) is 0 Å². The molecule has 4 heterocycles. The van der Waals surface area contributed by atoms with Gasteiger partial charge in [0.1, 0.15) is 24.1 Å². The minimum Gasteiger partial charge on any atom is -0.465 e. The molecule has 5 rings (SSSR count). The first-order valence-corrected chi connectivity index (χ1v) is 16.4. The summed E-state index contributed by atoms with van der Waals surface area (Å²) in [5.41, 5.74) is 0.862. The third-order valence-electron chi connectivity index (χ3n) is 9.07. The van der Waals surface area contributed by atoms with E-state index in [4.69, 9.17) is 33.2 Å². The summed E-state index contributed by atoms with van der Waals surface area (Å²) in [5, 5.41) is 0.109. The van der Waals surface area contributed by atoms with E-state index in [0.29, 0.717) is 55.5 Å². The van der Waals surface area contributed by atoms with E-state index in [2.05, 4.69) is 0 Å². The second-order valence-electron chi connectivity index (χ2n) is 12.6. The normalized spacial score (nSPS) is 25.1. The van der Waals surface area contributed by atoms with Crippen molar-refractivity contribution in [1.82, 2.24) is 4.57 Å². The molecule has 3 aliphatic heterocycles. The topological polar surface area (TPSA) is 175 Å². The number of benzene rings is 1. The first-order valence-electron chi connectivity index (χ1n) is 16.4. The minimum absolute atomic E-state index is 0.0481. The van der Waals surface area contributed by atoms with E-state index in [0.717, 1.165) is 20.8 Å². The summed E-state index contributed by atoms with van der Waals surface area (Å²) in [6.07, 6.45) is -3.61. The van der Waals surface area contributed by atoms with Gasteiger partial charge in [0, 0.05) is 64.0 Å². The lowest BCUT2D eigenvalue weighted by atomic mass is 9.93. The van der Waals surface area contributed by atoms with Crippen LogP contribution in [0.4, 0.5) is 10.1 Å². The zero-order valence-electron chi connectivity index (χ0n) is 28.7. The lowest BCUT2D eigenvalue weighted by Crippen LogP contribution is -2.63. The van der Waals surface area contributed by atoms with Crippen molar-refractivity contribution in [3.05, 3.63) is 39.4 Å². The molecule has 0 spiro atoms. The molecule has 0 unspecified atom stereocenters. The van der Waals surface area contributed by atoms with E-state index in [1.165, 1.54) is 26.3 Å². The summed E-state index contributed by atoms with van der Waals surface area (Å²) in [5.74, 6) is -4.26. The van der Waals surface area contributed by atoms with Gasteiger partial charge >= 0.3 is 29.8 Å². The van der Waals surface area contributed by atoms with Gasteiger partial charge in [-0.15, -0.1) is 0 Å². The smallest absolute Gasteiger partial charge is 0.343 e. The molecule has 0 bridgehead atoms. The second kappa shape index (κ2) is 15.1. The molecule has 1 aromatic carbocycles. The van der Waals surface area contributed by atoms with Gasteiger partial charge in [-0.25, -0.2) is 9.18 Å². The van der Waals surface area contributed by atoms with Crippen LogP contribution in [0.1, 0.15) is 75.8 Å². The van der Waals surface area contributed by atoms with Crippen LogP contribution in [0.25, 0.3) is 10.9 Å². The number of anilines is 1. The Hall–Kier alpha value is -4.57. The Labute approximate surface area is 286 Å². The highest BCUT2D eigenvalue weighted by atomic mass is 19.1. The van der Waals surface area contributed by atoms with E-state index < -0.39 is 77.9 Å². The maximum atomic E-state index is 16.0. The number of hydrogen-bond donors (Lipinski definition) is 0. The second-order valence-corrected chi connectivity index (χ2v) is 12.6. The lowest BCUT2D eigenvalue weighted by molar-refractivity contribution is -0.317. The Morgan fingerprint density at radius 3 is 2.12 bits per heavy atom. The summed E-state index contributed by atoms with van der Waals surface area (Å²) >= 11 is 0. The van der Waals surface area contributed by atoms with Crippen LogP contribution in [-0.2, 0) is 58.8 Å². The fraction of sp³-hybridized carbons (Fsp3) is 0.588. The van der Waals surface area contributed by atoms with Crippen LogP contribution in [-0.4, -0.2) is 98.0 Å². The van der Waals surface area contributed by atoms with Crippen molar-refractivity contribution < 1.29 is 61.5 Å². The van der Waals surface area contributed by atoms with Crippen LogP contribution >= 0.6 is 0 Å². The summed E-state index contributed by atoms with van der Waals surface area (Å²) < 4.78 is 56.5. The molecule has 0 saturated carbocycles. The van der Waals surface area contributed by atoms with E-state index in [9.17, 15) is 28.8 Å². The highest BCUT2D eigenvalue weighted by Crippen LogP contribution is 2.39. The van der Waals surface area contributed by atoms with Gasteiger partial charge in [0.15, 0.2) is 24.6 Å². The Balaban J connectivity index is 1.41. The number of esters is 5. The first kappa shape index (κ1) is 36.7. The molecule has 0 aliphatic carbocycles. The molecular weight excluding hydrogens is 663 g/mol. The van der Waals surface area contributed by atoms with E-state index in [-0.39, 0.29) is 23.6 Å². The number of rotatable bonds is 9. The van der Waals surface area contributed by atoms with Gasteiger partial charge in [0.05, 0.1) is 24.4 Å². The third kappa shape index (κ3) is 7.60. The van der Waals surface area contributed by atoms with E-state index in [1.54, 1.807) is 0 Å². The Morgan fingerprint density at radius 2 is 1.52 bits per heavy atom. The molecule has 50 heavy (non-hydrogen) atoms. The molecule has 16 heteroatoms. The first-order chi connectivity index (χ1) is 23.7. The van der Waals surface area contributed by atoms with Gasteiger partial charge in [-0.3, -0.25) is 24.0 Å². The lowest BCUT2D eigenvalue weighted by Gasteiger charge is -2.45. The maximum Gasteiger partial charge on any atom is 0.343 e. The summed E-state index contributed by atoms with van der Waals surface area (Å²) in [4.78, 5) is 75.5. The molecule has 3 aliphatic rings. The van der Waals surface area contributed by atoms with Crippen molar-refractivity contribution in [2.24, 2.45) is 0 Å². The zero-order chi connectivity index (χ0) is 36.4. The average Bonchev–Trinajstić information content (AvgIpc) is 3.05. The Morgan fingerprint density at radius 1 is 0.900 bits per heavy atom. The van der Waals surface area contributed by atoms with Crippen LogP contribution in [0.15, 0.2) is 17.1 Å². The largest absolute Gasteiger partial charge is 0.465 e. The van der Waals surface area contributed by atoms with Crippen molar-refractivity contribution in [2.45, 2.75) is 103 Å². The fourth-order valence-electron chi connectivity index (χ4n) is 6.94. The molecule has 6 atom stereocenters. The molecule has 15 nitrogen and oxygen atoms in total. The highest BCUT2D eigenvalue weighted by Gasteiger charge is 2.53. The third-order valence-corrected chi connectivity index (χ3v) is 9.07. The predicted molar refractivity (Wildman–Crippen MR) is 171 cm³/mol. The molecule has 0 amide bonds. The number of piperidine rings is 1. The van der Waals surface area contributed by atoms with Crippen LogP contribution in [0, 0.1) is 5.82 Å². The van der Waals surface area contributed by atoms with Gasteiger partial charge in [0.25, 0.3) is 0 Å². The molecule has 0 N–H and O–H groups in total. The van der Waals surface area contributed by atoms with Crippen molar-refractivity contribution in [3.8, 4) is 0 Å². The number of ether oxygens (including phenoxy) is 7. The number of pyridine rings is 1. The number of aromatic nitrogens is 1. The SMILES string of the molecule is COC(=O)c1cn2c3c(c(N4CCC(O[C@@H]5O[C@H](COC(C)=O)[C@@H](OC(C)=O)[C@H](OC(C)=O)[C@H]5OC(C)=O)CC4)c(F)cc3c1=O)CC[C@@H]2C. The van der Waals surface area contributed by atoms with Crippen LogP contribution < -0.4 is 10.3 Å². The van der Waals surface area contributed by atoms with Crippen molar-refractivity contribution >= 4 is 46.4 Å². The van der Waals surface area contributed by atoms with E-state index >= 15 is 4.39 Å². The number of halogens is 1.